The zero-order valence-corrected chi connectivity index (χ0v) is 28.6. The van der Waals surface area contributed by atoms with E-state index < -0.39 is 19.4 Å². The minimum Gasteiger partial charge on any atom is -0.0622 e. The van der Waals surface area contributed by atoms with Gasteiger partial charge < -0.3 is 0 Å². The van der Waals surface area contributed by atoms with E-state index in [1.54, 1.807) is 21.9 Å². The van der Waals surface area contributed by atoms with Crippen molar-refractivity contribution in [2.75, 3.05) is 0 Å². The fraction of sp³-hybridized carbons (Fsp3) is 0.353. The van der Waals surface area contributed by atoms with Crippen LogP contribution in [0.25, 0.3) is 11.1 Å². The minimum absolute atomic E-state index is 0.251. The number of rotatable bonds is 6. The summed E-state index contributed by atoms with van der Waals surface area (Å²) in [6, 6.07) is 33.0. The third kappa shape index (κ3) is 7.19. The molecule has 1 nitrogen and oxygen atoms in total. The number of allylic oxidation sites excluding steroid dienone is 4. The van der Waals surface area contributed by atoms with E-state index in [0.29, 0.717) is 5.92 Å². The first-order valence-electron chi connectivity index (χ1n) is 14.2. The molecule has 0 saturated heterocycles. The summed E-state index contributed by atoms with van der Waals surface area (Å²) < 4.78 is 9.07. The van der Waals surface area contributed by atoms with Crippen LogP contribution in [0.2, 0.25) is 4.68 Å². The van der Waals surface area contributed by atoms with Crippen molar-refractivity contribution in [1.82, 2.24) is 3.30 Å². The van der Waals surface area contributed by atoms with Gasteiger partial charge in [-0.15, -0.1) is 0 Å². The van der Waals surface area contributed by atoms with Crippen LogP contribution in [0, 0.1) is 5.92 Å². The molecule has 0 heterocycles. The Morgan fingerprint density at radius 2 is 1.16 bits per heavy atom. The first-order valence-corrected chi connectivity index (χ1v) is 30.4. The van der Waals surface area contributed by atoms with Crippen LogP contribution in [0.5, 0.6) is 0 Å². The van der Waals surface area contributed by atoms with E-state index in [1.165, 1.54) is 43.2 Å². The number of hydrogen-bond donors (Lipinski definition) is 1. The Morgan fingerprint density at radius 3 is 1.62 bits per heavy atom. The molecule has 0 aromatic heterocycles. The Bertz CT molecular complexity index is 1160. The second kappa shape index (κ2) is 13.3. The van der Waals surface area contributed by atoms with Crippen LogP contribution in [0.1, 0.15) is 59.8 Å². The van der Waals surface area contributed by atoms with Gasteiger partial charge in [0.05, 0.1) is 0 Å². The van der Waals surface area contributed by atoms with Crippen LogP contribution in [0.3, 0.4) is 0 Å². The molecule has 3 aromatic rings. The zero-order valence-electron chi connectivity index (χ0n) is 23.6. The molecule has 2 unspecified atom stereocenters. The summed E-state index contributed by atoms with van der Waals surface area (Å²) in [5.74, 6) is 0.680. The molecular weight excluding hydrogens is 629 g/mol. The maximum Gasteiger partial charge on any atom is -0.0184 e. The molecule has 1 fully saturated rings. The Balaban J connectivity index is 0.000000222. The van der Waals surface area contributed by atoms with Crippen molar-refractivity contribution in [3.05, 3.63) is 111 Å². The minimum atomic E-state index is -2.71. The molecule has 1 saturated carbocycles. The van der Waals surface area contributed by atoms with E-state index in [4.69, 9.17) is 0 Å². The molecule has 0 aliphatic heterocycles. The number of hydrogen-bond acceptors (Lipinski definition) is 1. The smallest absolute Gasteiger partial charge is 0.0184 e. The predicted octanol–water partition coefficient (Wildman–Crippen LogP) is 8.05. The zero-order chi connectivity index (χ0) is 26.3. The standard InChI is InChI=1S/C12H10.C9H13.C6H12N.C6H7Si.CH3.Hf/c1-3-7-11(8-4-1)12-9-5-2-6-10-12;1-6-5-7(2)9(4)8(6)3;2*7-6-4-2-1-3-5-6;;/h1-10H;6H,1-4H3;6-7H,1-5H2;1-5H,7H2;1H3;/q;;-1;;;+1. The van der Waals surface area contributed by atoms with E-state index in [-0.39, 0.29) is 6.71 Å². The summed E-state index contributed by atoms with van der Waals surface area (Å²) in [5, 5.41) is 1.67. The summed E-state index contributed by atoms with van der Waals surface area (Å²) in [6.45, 7) is 9.37. The Hall–Kier alpha value is -1.81. The van der Waals surface area contributed by atoms with Gasteiger partial charge in [-0.2, -0.15) is 0 Å². The van der Waals surface area contributed by atoms with E-state index >= 15 is 0 Å². The van der Waals surface area contributed by atoms with Crippen molar-refractivity contribution in [2.24, 2.45) is 5.92 Å². The third-order valence-electron chi connectivity index (χ3n) is 8.64. The monoisotopic (exact) mass is 675 g/mol. The topological polar surface area (TPSA) is 12.0 Å². The van der Waals surface area contributed by atoms with Crippen LogP contribution >= 0.6 is 0 Å². The summed E-state index contributed by atoms with van der Waals surface area (Å²) in [6.07, 6.45) is 7.12. The Morgan fingerprint density at radius 1 is 0.676 bits per heavy atom. The van der Waals surface area contributed by atoms with Gasteiger partial charge in [-0.3, -0.25) is 0 Å². The van der Waals surface area contributed by atoms with Crippen molar-refractivity contribution < 1.29 is 19.4 Å². The summed E-state index contributed by atoms with van der Waals surface area (Å²) >= 11 is -2.71. The van der Waals surface area contributed by atoms with Crippen molar-refractivity contribution in [2.45, 2.75) is 70.5 Å². The van der Waals surface area contributed by atoms with E-state index in [1.807, 2.05) is 15.5 Å². The van der Waals surface area contributed by atoms with Gasteiger partial charge in [0.25, 0.3) is 0 Å². The van der Waals surface area contributed by atoms with Crippen LogP contribution in [-0.4, -0.2) is 12.7 Å². The average molecular weight is 674 g/mol. The maximum absolute atomic E-state index is 4.42. The second-order valence-corrected chi connectivity index (χ2v) is 40.4. The van der Waals surface area contributed by atoms with E-state index in [2.05, 4.69) is 115 Å². The van der Waals surface area contributed by atoms with Crippen molar-refractivity contribution >= 4 is 11.9 Å². The summed E-state index contributed by atoms with van der Waals surface area (Å²) in [4.78, 5) is 0. The Labute approximate surface area is 232 Å². The molecule has 194 valence electrons. The predicted molar refractivity (Wildman–Crippen MR) is 163 cm³/mol. The molecule has 37 heavy (non-hydrogen) atoms. The van der Waals surface area contributed by atoms with Gasteiger partial charge in [0.2, 0.25) is 0 Å². The normalized spacial score (nSPS) is 20.2. The van der Waals surface area contributed by atoms with Gasteiger partial charge in [0, 0.05) is 0 Å². The SMILES string of the molecule is CC1=C(C)C(C)[C]([Hf]([CH3])([NH]C2CCCCC2)[SiH2]c2ccccc2)=C1C.c1ccc(-c2ccccc2)cc1. The summed E-state index contributed by atoms with van der Waals surface area (Å²) in [7, 11) is 0. The molecule has 0 spiro atoms. The van der Waals surface area contributed by atoms with Crippen molar-refractivity contribution in [3.8, 4) is 11.1 Å². The fourth-order valence-electron chi connectivity index (χ4n) is 6.44. The van der Waals surface area contributed by atoms with E-state index in [0.717, 1.165) is 6.04 Å². The van der Waals surface area contributed by atoms with Crippen LogP contribution < -0.4 is 8.49 Å². The summed E-state index contributed by atoms with van der Waals surface area (Å²) in [5.41, 5.74) is 7.42. The van der Waals surface area contributed by atoms with Crippen LogP contribution in [-0.2, 0) is 19.4 Å². The number of nitrogens with one attached hydrogen (secondary N) is 1. The molecule has 3 aromatic carbocycles. The first kappa shape index (κ1) is 28.2. The maximum atomic E-state index is 4.42. The average Bonchev–Trinajstić information content (AvgIpc) is 3.13. The molecular formula is C34H45HfNSi. The molecule has 3 heteroatoms. The van der Waals surface area contributed by atoms with Crippen molar-refractivity contribution in [3.63, 3.8) is 0 Å². The van der Waals surface area contributed by atoms with Crippen molar-refractivity contribution in [1.29, 1.82) is 0 Å². The van der Waals surface area contributed by atoms with Crippen LogP contribution in [0.15, 0.2) is 111 Å². The molecule has 0 amide bonds. The van der Waals surface area contributed by atoms with Gasteiger partial charge in [0.15, 0.2) is 0 Å². The molecule has 1 N–H and O–H groups in total. The van der Waals surface area contributed by atoms with Gasteiger partial charge in [0.1, 0.15) is 0 Å². The fourth-order valence-corrected chi connectivity index (χ4v) is 42.3. The van der Waals surface area contributed by atoms with Gasteiger partial charge in [-0.1, -0.05) is 60.7 Å². The molecule has 2 aliphatic carbocycles. The first-order chi connectivity index (χ1) is 17.9. The van der Waals surface area contributed by atoms with Gasteiger partial charge in [-0.05, 0) is 11.1 Å². The molecule has 2 aliphatic rings. The second-order valence-electron chi connectivity index (χ2n) is 11.3. The van der Waals surface area contributed by atoms with E-state index in [9.17, 15) is 0 Å². The third-order valence-corrected chi connectivity index (χ3v) is 38.0. The van der Waals surface area contributed by atoms with Crippen LogP contribution in [0.4, 0.5) is 0 Å². The quantitative estimate of drug-likeness (QED) is 0.261. The number of benzene rings is 3. The largest absolute Gasteiger partial charge is 0.0622 e. The van der Waals surface area contributed by atoms with Gasteiger partial charge in [-0.25, -0.2) is 0 Å². The Kier molecular flexibility index (Phi) is 10.1. The molecule has 0 bridgehead atoms. The molecule has 2 atom stereocenters. The van der Waals surface area contributed by atoms with Gasteiger partial charge >= 0.3 is 161 Å². The molecule has 0 radical (unpaired) electrons. The molecule has 5 rings (SSSR count).